The average Bonchev–Trinajstić information content (AvgIpc) is 3.02. The van der Waals surface area contributed by atoms with Gasteiger partial charge in [0.2, 0.25) is 11.8 Å². The van der Waals surface area contributed by atoms with Crippen molar-refractivity contribution in [3.63, 3.8) is 0 Å². The van der Waals surface area contributed by atoms with Crippen LogP contribution in [0.2, 0.25) is 5.02 Å². The summed E-state index contributed by atoms with van der Waals surface area (Å²) in [5.41, 5.74) is 0.888. The van der Waals surface area contributed by atoms with Gasteiger partial charge in [-0.15, -0.1) is 11.8 Å². The quantitative estimate of drug-likeness (QED) is 0.183. The lowest BCUT2D eigenvalue weighted by atomic mass is 10.0. The van der Waals surface area contributed by atoms with Crippen molar-refractivity contribution in [2.45, 2.75) is 52.3 Å². The zero-order chi connectivity index (χ0) is 34.1. The largest absolute Gasteiger partial charge is 0.494 e. The van der Waals surface area contributed by atoms with Crippen molar-refractivity contribution in [3.8, 4) is 17.5 Å². The Morgan fingerprint density at radius 3 is 2.37 bits per heavy atom. The molecule has 3 rings (SSSR count). The van der Waals surface area contributed by atoms with Crippen LogP contribution in [-0.2, 0) is 31.4 Å². The summed E-state index contributed by atoms with van der Waals surface area (Å²) in [4.78, 5) is 55.7. The predicted molar refractivity (Wildman–Crippen MR) is 174 cm³/mol. The Balaban J connectivity index is 0.00000136. The maximum atomic E-state index is 13.9. The number of aromatic nitrogens is 2. The monoisotopic (exact) mass is 676 g/mol. The summed E-state index contributed by atoms with van der Waals surface area (Å²) in [5, 5.41) is 13.4. The smallest absolute Gasteiger partial charge is 0.321 e. The molecule has 0 radical (unpaired) electrons. The molecule has 0 aliphatic carbocycles. The molecule has 1 aromatic heterocycles. The Hall–Kier alpha value is -4.23. The van der Waals surface area contributed by atoms with Crippen LogP contribution in [0.5, 0.6) is 17.5 Å². The normalized spacial score (nSPS) is 11.1. The molecule has 0 spiro atoms. The van der Waals surface area contributed by atoms with E-state index in [0.29, 0.717) is 34.3 Å². The molecule has 1 atom stereocenters. The third-order valence-electron chi connectivity index (χ3n) is 6.03. The van der Waals surface area contributed by atoms with Crippen molar-refractivity contribution >= 4 is 46.9 Å². The van der Waals surface area contributed by atoms with E-state index in [-0.39, 0.29) is 48.6 Å². The van der Waals surface area contributed by atoms with Gasteiger partial charge in [0.1, 0.15) is 23.4 Å². The van der Waals surface area contributed by atoms with Crippen LogP contribution in [0.25, 0.3) is 0 Å². The number of halogens is 2. The lowest BCUT2D eigenvalue weighted by Gasteiger charge is -2.22. The van der Waals surface area contributed by atoms with Gasteiger partial charge in [0, 0.05) is 40.7 Å². The summed E-state index contributed by atoms with van der Waals surface area (Å²) in [5.74, 6) is -1.33. The molecule has 11 nitrogen and oxygen atoms in total. The maximum Gasteiger partial charge on any atom is 0.321 e. The SMILES string of the molecule is CCC(=O)O.CCOc1ccc(Oc2ncccn2)cc1CC(=O)NC(C(=O)NCC(=O)CSCc1c(F)cccc1Cl)C(C)C. The number of nitrogens with zero attached hydrogens (tertiary/aromatic N) is 2. The molecule has 1 unspecified atom stereocenters. The molecule has 0 saturated carbocycles. The molecule has 248 valence electrons. The van der Waals surface area contributed by atoms with Crippen LogP contribution in [0, 0.1) is 11.7 Å². The summed E-state index contributed by atoms with van der Waals surface area (Å²) < 4.78 is 25.3. The highest BCUT2D eigenvalue weighted by atomic mass is 35.5. The summed E-state index contributed by atoms with van der Waals surface area (Å²) in [6.07, 6.45) is 3.25. The molecule has 2 amide bonds. The molecular weight excluding hydrogens is 639 g/mol. The fraction of sp³-hybridized carbons (Fsp3) is 0.375. The first kappa shape index (κ1) is 38.0. The number of carbonyl (C=O) groups excluding carboxylic acids is 3. The van der Waals surface area contributed by atoms with E-state index < -0.39 is 29.6 Å². The minimum Gasteiger partial charge on any atom is -0.494 e. The molecule has 0 bridgehead atoms. The van der Waals surface area contributed by atoms with Gasteiger partial charge in [-0.2, -0.15) is 0 Å². The van der Waals surface area contributed by atoms with E-state index in [9.17, 15) is 23.6 Å². The predicted octanol–water partition coefficient (Wildman–Crippen LogP) is 5.24. The van der Waals surface area contributed by atoms with Crippen molar-refractivity contribution in [3.05, 3.63) is 76.8 Å². The van der Waals surface area contributed by atoms with Gasteiger partial charge in [0.25, 0.3) is 0 Å². The summed E-state index contributed by atoms with van der Waals surface area (Å²) in [6, 6.07) is 10.4. The van der Waals surface area contributed by atoms with Crippen LogP contribution in [0.1, 0.15) is 45.2 Å². The van der Waals surface area contributed by atoms with E-state index in [2.05, 4.69) is 20.6 Å². The number of ether oxygens (including phenoxy) is 2. The van der Waals surface area contributed by atoms with Crippen molar-refractivity contribution < 1.29 is 38.1 Å². The van der Waals surface area contributed by atoms with E-state index in [4.69, 9.17) is 26.2 Å². The summed E-state index contributed by atoms with van der Waals surface area (Å²) in [6.45, 7) is 7.20. The first-order valence-corrected chi connectivity index (χ1v) is 16.0. The Labute approximate surface area is 276 Å². The average molecular weight is 677 g/mol. The minimum atomic E-state index is -0.868. The standard InChI is InChI=1S/C29H32ClFN4O5S.C3H6O2/c1-4-39-25-10-9-21(40-29-32-11-6-12-33-29)13-19(25)14-26(37)35-27(18(2)3)28(38)34-15-20(36)16-41-17-22-23(30)7-5-8-24(22)31;1-2-3(4)5/h5-13,18,27H,4,14-17H2,1-3H3,(H,34,38)(H,35,37);2H2,1H3,(H,4,5). The molecule has 46 heavy (non-hydrogen) atoms. The number of carbonyl (C=O) groups is 4. The van der Waals surface area contributed by atoms with Crippen LogP contribution >= 0.6 is 23.4 Å². The van der Waals surface area contributed by atoms with E-state index in [1.807, 2.05) is 6.92 Å². The Morgan fingerprint density at radius 2 is 1.76 bits per heavy atom. The summed E-state index contributed by atoms with van der Waals surface area (Å²) >= 11 is 7.22. The van der Waals surface area contributed by atoms with Crippen LogP contribution in [0.15, 0.2) is 54.9 Å². The van der Waals surface area contributed by atoms with Gasteiger partial charge in [-0.3, -0.25) is 19.2 Å². The molecule has 3 aromatic rings. The number of aliphatic carboxylic acids is 1. The number of amides is 2. The number of benzene rings is 2. The molecular formula is C32H38ClFN4O7S. The van der Waals surface area contributed by atoms with Crippen molar-refractivity contribution in [2.24, 2.45) is 5.92 Å². The third-order valence-corrected chi connectivity index (χ3v) is 7.41. The Kier molecular flexibility index (Phi) is 16.5. The third kappa shape index (κ3) is 13.4. The number of Topliss-reactive ketones (excluding diaryl/α,β-unsaturated/α-hetero) is 1. The van der Waals surface area contributed by atoms with Crippen molar-refractivity contribution in [1.29, 1.82) is 0 Å². The van der Waals surface area contributed by atoms with Crippen molar-refractivity contribution in [1.82, 2.24) is 20.6 Å². The molecule has 0 fully saturated rings. The number of hydrogen-bond acceptors (Lipinski definition) is 9. The number of carboxylic acid groups (broad SMARTS) is 1. The fourth-order valence-electron chi connectivity index (χ4n) is 3.71. The van der Waals surface area contributed by atoms with Gasteiger partial charge in [0.05, 0.1) is 25.3 Å². The lowest BCUT2D eigenvalue weighted by molar-refractivity contribution is -0.136. The van der Waals surface area contributed by atoms with Gasteiger partial charge in [0.15, 0.2) is 5.78 Å². The van der Waals surface area contributed by atoms with E-state index in [1.165, 1.54) is 23.9 Å². The number of rotatable bonds is 16. The topological polar surface area (TPSA) is 157 Å². The zero-order valence-electron chi connectivity index (χ0n) is 26.0. The van der Waals surface area contributed by atoms with Crippen LogP contribution in [-0.4, -0.2) is 63.6 Å². The first-order valence-electron chi connectivity index (χ1n) is 14.5. The first-order chi connectivity index (χ1) is 21.9. The maximum absolute atomic E-state index is 13.9. The number of thioether (sulfide) groups is 1. The molecule has 1 heterocycles. The highest BCUT2D eigenvalue weighted by Crippen LogP contribution is 2.27. The molecule has 2 aromatic carbocycles. The Bertz CT molecular complexity index is 1440. The van der Waals surface area contributed by atoms with Crippen molar-refractivity contribution in [2.75, 3.05) is 18.9 Å². The molecule has 14 heteroatoms. The zero-order valence-corrected chi connectivity index (χ0v) is 27.6. The molecule has 0 aliphatic rings. The van der Waals surface area contributed by atoms with Crippen LogP contribution in [0.4, 0.5) is 4.39 Å². The summed E-state index contributed by atoms with van der Waals surface area (Å²) in [7, 11) is 0. The lowest BCUT2D eigenvalue weighted by Crippen LogP contribution is -2.51. The van der Waals surface area contributed by atoms with Gasteiger partial charge >= 0.3 is 12.0 Å². The van der Waals surface area contributed by atoms with E-state index in [0.717, 1.165) is 0 Å². The second-order valence-electron chi connectivity index (χ2n) is 10.00. The minimum absolute atomic E-state index is 0.0658. The highest BCUT2D eigenvalue weighted by Gasteiger charge is 2.25. The fourth-order valence-corrected chi connectivity index (χ4v) is 4.95. The van der Waals surface area contributed by atoms with Gasteiger partial charge in [-0.25, -0.2) is 14.4 Å². The van der Waals surface area contributed by atoms with E-state index in [1.54, 1.807) is 63.5 Å². The molecule has 3 N–H and O–H groups in total. The number of hydrogen-bond donors (Lipinski definition) is 3. The number of carboxylic acids is 1. The molecule has 0 saturated heterocycles. The van der Waals surface area contributed by atoms with Crippen LogP contribution in [0.3, 0.4) is 0 Å². The Morgan fingerprint density at radius 1 is 1.07 bits per heavy atom. The second kappa shape index (κ2) is 20.0. The van der Waals surface area contributed by atoms with Gasteiger partial charge in [-0.1, -0.05) is 38.4 Å². The molecule has 0 aliphatic heterocycles. The van der Waals surface area contributed by atoms with Gasteiger partial charge < -0.3 is 25.2 Å². The van der Waals surface area contributed by atoms with Gasteiger partial charge in [-0.05, 0) is 49.2 Å². The van der Waals surface area contributed by atoms with Crippen LogP contribution < -0.4 is 20.1 Å². The number of ketones is 1. The van der Waals surface area contributed by atoms with E-state index >= 15 is 0 Å². The number of nitrogens with one attached hydrogen (secondary N) is 2. The highest BCUT2D eigenvalue weighted by molar-refractivity contribution is 7.99. The second-order valence-corrected chi connectivity index (χ2v) is 11.4.